The number of hydrogen-bond donors (Lipinski definition) is 2. The van der Waals surface area contributed by atoms with Crippen LogP contribution >= 0.6 is 0 Å². The molecule has 0 bridgehead atoms. The molecule has 2 rings (SSSR count). The van der Waals surface area contributed by atoms with Gasteiger partial charge in [0.15, 0.2) is 21.3 Å². The predicted octanol–water partition coefficient (Wildman–Crippen LogP) is 0.938. The summed E-state index contributed by atoms with van der Waals surface area (Å²) in [6, 6.07) is 4.15. The van der Waals surface area contributed by atoms with Crippen LogP contribution in [0.4, 0.5) is 0 Å². The molecule has 140 valence electrons. The molecule has 1 fully saturated rings. The summed E-state index contributed by atoms with van der Waals surface area (Å²) in [5.74, 6) is -0.851. The SMILES string of the molecule is COCCN(C(=O)C(C)Cc1ccc(O)c(O)c1)C1CCS(=O)(=O)C1. The fourth-order valence-electron chi connectivity index (χ4n) is 3.10. The molecule has 1 aromatic carbocycles. The van der Waals surface area contributed by atoms with Gasteiger partial charge >= 0.3 is 0 Å². The fraction of sp³-hybridized carbons (Fsp3) is 0.588. The average Bonchev–Trinajstić information content (AvgIpc) is 2.91. The maximum absolute atomic E-state index is 12.9. The number of ether oxygens (including phenoxy) is 1. The van der Waals surface area contributed by atoms with Gasteiger partial charge in [-0.15, -0.1) is 0 Å². The first-order valence-electron chi connectivity index (χ1n) is 8.24. The van der Waals surface area contributed by atoms with Crippen LogP contribution in [-0.2, 0) is 25.8 Å². The van der Waals surface area contributed by atoms with E-state index in [2.05, 4.69) is 0 Å². The van der Waals surface area contributed by atoms with Gasteiger partial charge in [0.25, 0.3) is 0 Å². The molecule has 25 heavy (non-hydrogen) atoms. The van der Waals surface area contributed by atoms with E-state index in [4.69, 9.17) is 4.74 Å². The molecule has 8 heteroatoms. The largest absolute Gasteiger partial charge is 0.504 e. The Bertz CT molecular complexity index is 718. The summed E-state index contributed by atoms with van der Waals surface area (Å²) < 4.78 is 28.6. The summed E-state index contributed by atoms with van der Waals surface area (Å²) in [4.78, 5) is 14.5. The van der Waals surface area contributed by atoms with Crippen LogP contribution in [0.15, 0.2) is 18.2 Å². The number of carbonyl (C=O) groups excluding carboxylic acids is 1. The lowest BCUT2D eigenvalue weighted by Crippen LogP contribution is -2.45. The lowest BCUT2D eigenvalue weighted by Gasteiger charge is -2.30. The number of benzene rings is 1. The zero-order valence-corrected chi connectivity index (χ0v) is 15.3. The molecule has 1 aromatic rings. The van der Waals surface area contributed by atoms with Crippen LogP contribution in [0.2, 0.25) is 0 Å². The van der Waals surface area contributed by atoms with E-state index in [-0.39, 0.29) is 40.9 Å². The third kappa shape index (κ3) is 5.09. The smallest absolute Gasteiger partial charge is 0.226 e. The first-order chi connectivity index (χ1) is 11.7. The maximum atomic E-state index is 12.9. The van der Waals surface area contributed by atoms with Crippen LogP contribution in [0.3, 0.4) is 0 Å². The van der Waals surface area contributed by atoms with Gasteiger partial charge in [-0.1, -0.05) is 13.0 Å². The number of sulfone groups is 1. The Morgan fingerprint density at radius 3 is 2.64 bits per heavy atom. The van der Waals surface area contributed by atoms with Gasteiger partial charge in [-0.25, -0.2) is 8.42 Å². The highest BCUT2D eigenvalue weighted by molar-refractivity contribution is 7.91. The average molecular weight is 371 g/mol. The van der Waals surface area contributed by atoms with Crippen molar-refractivity contribution in [3.05, 3.63) is 23.8 Å². The minimum atomic E-state index is -3.09. The van der Waals surface area contributed by atoms with Crippen LogP contribution in [0.25, 0.3) is 0 Å². The number of phenolic OH excluding ortho intramolecular Hbond substituents is 2. The number of carbonyl (C=O) groups is 1. The van der Waals surface area contributed by atoms with E-state index in [0.717, 1.165) is 5.56 Å². The molecule has 1 amide bonds. The second-order valence-electron chi connectivity index (χ2n) is 6.51. The standard InChI is InChI=1S/C17H25NO6S/c1-12(9-13-3-4-15(19)16(20)10-13)17(21)18(6-7-24-2)14-5-8-25(22,23)11-14/h3-4,10,12,14,19-20H,5-9,11H2,1-2H3. The highest BCUT2D eigenvalue weighted by Gasteiger charge is 2.35. The molecule has 2 N–H and O–H groups in total. The van der Waals surface area contributed by atoms with Crippen molar-refractivity contribution < 1.29 is 28.2 Å². The van der Waals surface area contributed by atoms with Gasteiger partial charge in [0.2, 0.25) is 5.91 Å². The molecule has 1 aliphatic rings. The van der Waals surface area contributed by atoms with Gasteiger partial charge in [-0.05, 0) is 30.5 Å². The van der Waals surface area contributed by atoms with Gasteiger partial charge < -0.3 is 19.8 Å². The molecule has 0 spiro atoms. The number of nitrogens with zero attached hydrogens (tertiary/aromatic N) is 1. The molecular weight excluding hydrogens is 346 g/mol. The van der Waals surface area contributed by atoms with Gasteiger partial charge in [-0.3, -0.25) is 4.79 Å². The Morgan fingerprint density at radius 1 is 1.36 bits per heavy atom. The maximum Gasteiger partial charge on any atom is 0.226 e. The van der Waals surface area contributed by atoms with Crippen molar-refractivity contribution in [1.29, 1.82) is 0 Å². The van der Waals surface area contributed by atoms with Crippen LogP contribution < -0.4 is 0 Å². The first kappa shape index (κ1) is 19.5. The van der Waals surface area contributed by atoms with E-state index in [0.29, 0.717) is 26.0 Å². The molecule has 7 nitrogen and oxygen atoms in total. The highest BCUT2D eigenvalue weighted by atomic mass is 32.2. The van der Waals surface area contributed by atoms with Crippen molar-refractivity contribution >= 4 is 15.7 Å². The predicted molar refractivity (Wildman–Crippen MR) is 93.3 cm³/mol. The normalized spacial score (nSPS) is 20.3. The van der Waals surface area contributed by atoms with Crippen LogP contribution in [0.1, 0.15) is 18.9 Å². The van der Waals surface area contributed by atoms with Crippen LogP contribution in [0, 0.1) is 5.92 Å². The third-order valence-electron chi connectivity index (χ3n) is 4.47. The lowest BCUT2D eigenvalue weighted by molar-refractivity contribution is -0.137. The quantitative estimate of drug-likeness (QED) is 0.691. The molecular formula is C17H25NO6S. The van der Waals surface area contributed by atoms with Crippen molar-refractivity contribution in [2.45, 2.75) is 25.8 Å². The van der Waals surface area contributed by atoms with E-state index >= 15 is 0 Å². The number of hydrogen-bond acceptors (Lipinski definition) is 6. The number of phenols is 2. The van der Waals surface area contributed by atoms with Crippen LogP contribution in [0.5, 0.6) is 11.5 Å². The summed E-state index contributed by atoms with van der Waals surface area (Å²) in [5, 5.41) is 18.9. The van der Waals surface area contributed by atoms with Gasteiger partial charge in [0.05, 0.1) is 18.1 Å². The second kappa shape index (κ2) is 8.05. The summed E-state index contributed by atoms with van der Waals surface area (Å²) in [6.45, 7) is 2.46. The zero-order valence-electron chi connectivity index (χ0n) is 14.5. The van der Waals surface area contributed by atoms with Gasteiger partial charge in [0, 0.05) is 25.6 Å². The summed E-state index contributed by atoms with van der Waals surface area (Å²) in [5.41, 5.74) is 0.724. The molecule has 1 aliphatic heterocycles. The second-order valence-corrected chi connectivity index (χ2v) is 8.74. The van der Waals surface area contributed by atoms with Gasteiger partial charge in [-0.2, -0.15) is 0 Å². The van der Waals surface area contributed by atoms with Gasteiger partial charge in [0.1, 0.15) is 0 Å². The highest BCUT2D eigenvalue weighted by Crippen LogP contribution is 2.27. The van der Waals surface area contributed by atoms with E-state index in [1.807, 2.05) is 0 Å². The topological polar surface area (TPSA) is 104 Å². The Hall–Kier alpha value is -1.80. The Labute approximate surface area is 148 Å². The minimum Gasteiger partial charge on any atom is -0.504 e. The molecule has 1 heterocycles. The number of amides is 1. The first-order valence-corrected chi connectivity index (χ1v) is 10.1. The molecule has 0 aromatic heterocycles. The lowest BCUT2D eigenvalue weighted by atomic mass is 9.98. The van der Waals surface area contributed by atoms with Crippen molar-refractivity contribution in [2.75, 3.05) is 31.8 Å². The van der Waals surface area contributed by atoms with E-state index in [1.54, 1.807) is 17.9 Å². The van der Waals surface area contributed by atoms with Crippen molar-refractivity contribution in [2.24, 2.45) is 5.92 Å². The zero-order chi connectivity index (χ0) is 18.6. The summed E-state index contributed by atoms with van der Waals surface area (Å²) >= 11 is 0. The molecule has 1 saturated heterocycles. The molecule has 2 unspecified atom stereocenters. The van der Waals surface area contributed by atoms with E-state index in [9.17, 15) is 23.4 Å². The monoisotopic (exact) mass is 371 g/mol. The Kier molecular flexibility index (Phi) is 6.29. The number of methoxy groups -OCH3 is 1. The number of rotatable bonds is 7. The third-order valence-corrected chi connectivity index (χ3v) is 6.22. The minimum absolute atomic E-state index is 0.00479. The summed E-state index contributed by atoms with van der Waals surface area (Å²) in [6.07, 6.45) is 0.833. The Balaban J connectivity index is 2.10. The van der Waals surface area contributed by atoms with Crippen molar-refractivity contribution in [3.63, 3.8) is 0 Å². The number of aromatic hydroxyl groups is 2. The summed E-state index contributed by atoms with van der Waals surface area (Å²) in [7, 11) is -1.55. The van der Waals surface area contributed by atoms with Crippen molar-refractivity contribution in [1.82, 2.24) is 4.90 Å². The van der Waals surface area contributed by atoms with Crippen LogP contribution in [-0.4, -0.2) is 67.2 Å². The molecule has 0 radical (unpaired) electrons. The van der Waals surface area contributed by atoms with Crippen molar-refractivity contribution in [3.8, 4) is 11.5 Å². The Morgan fingerprint density at radius 2 is 2.08 bits per heavy atom. The molecule has 0 aliphatic carbocycles. The molecule has 0 saturated carbocycles. The fourth-order valence-corrected chi connectivity index (χ4v) is 4.83. The van der Waals surface area contributed by atoms with E-state index < -0.39 is 9.84 Å². The molecule has 2 atom stereocenters. The van der Waals surface area contributed by atoms with E-state index in [1.165, 1.54) is 19.2 Å².